The molecule has 1 unspecified atom stereocenters. The van der Waals surface area contributed by atoms with Crippen LogP contribution < -0.4 is 4.74 Å². The van der Waals surface area contributed by atoms with Crippen LogP contribution in [0.2, 0.25) is 0 Å². The van der Waals surface area contributed by atoms with E-state index in [0.29, 0.717) is 6.61 Å². The first-order chi connectivity index (χ1) is 6.59. The minimum Gasteiger partial charge on any atom is -0.489 e. The number of aliphatic hydroxyl groups excluding tert-OH is 1. The molecule has 1 rings (SSSR count). The Hall–Kier alpha value is -1.28. The third kappa shape index (κ3) is 3.23. The van der Waals surface area contributed by atoms with Crippen molar-refractivity contribution in [1.82, 2.24) is 0 Å². The summed E-state index contributed by atoms with van der Waals surface area (Å²) in [6, 6.07) is 7.42. The Morgan fingerprint density at radius 2 is 2.00 bits per heavy atom. The van der Waals surface area contributed by atoms with Gasteiger partial charge in [-0.25, -0.2) is 0 Å². The van der Waals surface area contributed by atoms with E-state index in [9.17, 15) is 5.11 Å². The smallest absolute Gasteiger partial charge is 0.119 e. The molecule has 0 saturated carbocycles. The van der Waals surface area contributed by atoms with Gasteiger partial charge in [0.2, 0.25) is 0 Å². The van der Waals surface area contributed by atoms with Crippen molar-refractivity contribution in [1.29, 1.82) is 0 Å². The molecule has 0 aliphatic carbocycles. The van der Waals surface area contributed by atoms with Crippen LogP contribution in [-0.2, 0) is 0 Å². The van der Waals surface area contributed by atoms with Gasteiger partial charge in [0, 0.05) is 0 Å². The van der Waals surface area contributed by atoms with E-state index in [0.717, 1.165) is 16.9 Å². The Balaban J connectivity index is 2.59. The van der Waals surface area contributed by atoms with E-state index in [2.05, 4.69) is 6.58 Å². The second-order valence-electron chi connectivity index (χ2n) is 3.49. The molecule has 76 valence electrons. The summed E-state index contributed by atoms with van der Waals surface area (Å²) < 4.78 is 5.42. The average Bonchev–Trinajstić information content (AvgIpc) is 2.15. The summed E-state index contributed by atoms with van der Waals surface area (Å²) in [6.45, 7) is 7.95. The minimum absolute atomic E-state index is 0.426. The van der Waals surface area contributed by atoms with Crippen LogP contribution in [0.15, 0.2) is 36.4 Å². The van der Waals surface area contributed by atoms with Gasteiger partial charge in [0.25, 0.3) is 0 Å². The third-order valence-corrected chi connectivity index (χ3v) is 1.85. The van der Waals surface area contributed by atoms with Crippen molar-refractivity contribution in [3.8, 4) is 5.75 Å². The fourth-order valence-electron chi connectivity index (χ4n) is 1.05. The van der Waals surface area contributed by atoms with Gasteiger partial charge in [-0.1, -0.05) is 18.7 Å². The van der Waals surface area contributed by atoms with Gasteiger partial charge < -0.3 is 9.84 Å². The second kappa shape index (κ2) is 4.82. The second-order valence-corrected chi connectivity index (χ2v) is 3.49. The molecule has 1 aromatic carbocycles. The standard InChI is InChI=1S/C12H16O2/c1-9(2)8-14-12-6-4-11(5-7-12)10(3)13/h4-7,10,13H,1,8H2,2-3H3. The number of rotatable bonds is 4. The van der Waals surface area contributed by atoms with Gasteiger partial charge in [-0.15, -0.1) is 0 Å². The number of hydrogen-bond acceptors (Lipinski definition) is 2. The summed E-state index contributed by atoms with van der Waals surface area (Å²) in [6.07, 6.45) is -0.426. The molecule has 0 fully saturated rings. The zero-order chi connectivity index (χ0) is 10.6. The normalized spacial score (nSPS) is 12.2. The zero-order valence-corrected chi connectivity index (χ0v) is 8.66. The van der Waals surface area contributed by atoms with E-state index in [1.54, 1.807) is 6.92 Å². The third-order valence-electron chi connectivity index (χ3n) is 1.85. The molecule has 0 bridgehead atoms. The highest BCUT2D eigenvalue weighted by atomic mass is 16.5. The minimum atomic E-state index is -0.426. The summed E-state index contributed by atoms with van der Waals surface area (Å²) in [5.41, 5.74) is 1.89. The molecular weight excluding hydrogens is 176 g/mol. The van der Waals surface area contributed by atoms with E-state index in [4.69, 9.17) is 4.74 Å². The predicted molar refractivity (Wildman–Crippen MR) is 57.4 cm³/mol. The van der Waals surface area contributed by atoms with E-state index >= 15 is 0 Å². The lowest BCUT2D eigenvalue weighted by Crippen LogP contribution is -1.98. The van der Waals surface area contributed by atoms with Crippen molar-refractivity contribution in [2.75, 3.05) is 6.61 Å². The van der Waals surface area contributed by atoms with Crippen molar-refractivity contribution in [2.24, 2.45) is 0 Å². The Morgan fingerprint density at radius 1 is 1.43 bits per heavy atom. The Kier molecular flexibility index (Phi) is 3.72. The van der Waals surface area contributed by atoms with Crippen LogP contribution in [0.25, 0.3) is 0 Å². The molecule has 0 aromatic heterocycles. The highest BCUT2D eigenvalue weighted by Crippen LogP contribution is 2.17. The lowest BCUT2D eigenvalue weighted by atomic mass is 10.1. The number of benzene rings is 1. The maximum atomic E-state index is 9.28. The van der Waals surface area contributed by atoms with Crippen molar-refractivity contribution in [3.63, 3.8) is 0 Å². The van der Waals surface area contributed by atoms with E-state index in [1.165, 1.54) is 0 Å². The summed E-state index contributed by atoms with van der Waals surface area (Å²) in [4.78, 5) is 0. The average molecular weight is 192 g/mol. The van der Waals surface area contributed by atoms with E-state index in [-0.39, 0.29) is 0 Å². The van der Waals surface area contributed by atoms with Gasteiger partial charge in [0.1, 0.15) is 12.4 Å². The molecule has 1 aromatic rings. The first-order valence-electron chi connectivity index (χ1n) is 4.65. The van der Waals surface area contributed by atoms with E-state index in [1.807, 2.05) is 31.2 Å². The van der Waals surface area contributed by atoms with Crippen LogP contribution in [0, 0.1) is 0 Å². The molecule has 0 heterocycles. The van der Waals surface area contributed by atoms with Crippen LogP contribution in [0.4, 0.5) is 0 Å². The topological polar surface area (TPSA) is 29.5 Å². The number of ether oxygens (including phenoxy) is 1. The van der Waals surface area contributed by atoms with Crippen LogP contribution in [0.1, 0.15) is 25.5 Å². The van der Waals surface area contributed by atoms with Crippen LogP contribution in [0.5, 0.6) is 5.75 Å². The fourth-order valence-corrected chi connectivity index (χ4v) is 1.05. The van der Waals surface area contributed by atoms with Gasteiger partial charge in [-0.3, -0.25) is 0 Å². The number of aliphatic hydroxyl groups is 1. The number of hydrogen-bond donors (Lipinski definition) is 1. The quantitative estimate of drug-likeness (QED) is 0.743. The molecule has 1 atom stereocenters. The molecule has 0 spiro atoms. The molecule has 14 heavy (non-hydrogen) atoms. The molecule has 0 amide bonds. The molecule has 0 aliphatic rings. The highest BCUT2D eigenvalue weighted by molar-refractivity contribution is 5.28. The maximum Gasteiger partial charge on any atom is 0.119 e. The Bertz CT molecular complexity index is 299. The van der Waals surface area contributed by atoms with Crippen molar-refractivity contribution < 1.29 is 9.84 Å². The van der Waals surface area contributed by atoms with Gasteiger partial charge in [-0.2, -0.15) is 0 Å². The Morgan fingerprint density at radius 3 is 2.43 bits per heavy atom. The molecular formula is C12H16O2. The lowest BCUT2D eigenvalue weighted by molar-refractivity contribution is 0.199. The van der Waals surface area contributed by atoms with Crippen molar-refractivity contribution >= 4 is 0 Å². The first-order valence-corrected chi connectivity index (χ1v) is 4.65. The van der Waals surface area contributed by atoms with Crippen molar-refractivity contribution in [2.45, 2.75) is 20.0 Å². The predicted octanol–water partition coefficient (Wildman–Crippen LogP) is 2.69. The Labute approximate surface area is 84.8 Å². The fraction of sp³-hybridized carbons (Fsp3) is 0.333. The first kappa shape index (κ1) is 10.8. The van der Waals surface area contributed by atoms with Crippen LogP contribution >= 0.6 is 0 Å². The zero-order valence-electron chi connectivity index (χ0n) is 8.66. The summed E-state index contributed by atoms with van der Waals surface area (Å²) in [7, 11) is 0. The monoisotopic (exact) mass is 192 g/mol. The SMILES string of the molecule is C=C(C)COc1ccc(C(C)O)cc1. The largest absolute Gasteiger partial charge is 0.489 e. The summed E-state index contributed by atoms with van der Waals surface area (Å²) >= 11 is 0. The van der Waals surface area contributed by atoms with Crippen LogP contribution in [-0.4, -0.2) is 11.7 Å². The molecule has 0 aliphatic heterocycles. The van der Waals surface area contributed by atoms with Crippen LogP contribution in [0.3, 0.4) is 0 Å². The van der Waals surface area contributed by atoms with Gasteiger partial charge in [-0.05, 0) is 37.1 Å². The molecule has 0 radical (unpaired) electrons. The van der Waals surface area contributed by atoms with Crippen molar-refractivity contribution in [3.05, 3.63) is 42.0 Å². The van der Waals surface area contributed by atoms with Gasteiger partial charge in [0.05, 0.1) is 6.10 Å². The van der Waals surface area contributed by atoms with E-state index < -0.39 is 6.10 Å². The lowest BCUT2D eigenvalue weighted by Gasteiger charge is -2.08. The summed E-state index contributed by atoms with van der Waals surface area (Å²) in [5, 5.41) is 9.28. The molecule has 2 heteroatoms. The highest BCUT2D eigenvalue weighted by Gasteiger charge is 2.00. The molecule has 1 N–H and O–H groups in total. The summed E-state index contributed by atoms with van der Waals surface area (Å²) in [5.74, 6) is 0.803. The molecule has 0 saturated heterocycles. The van der Waals surface area contributed by atoms with Gasteiger partial charge in [0.15, 0.2) is 0 Å². The molecule has 2 nitrogen and oxygen atoms in total. The maximum absolute atomic E-state index is 9.28. The van der Waals surface area contributed by atoms with Gasteiger partial charge >= 0.3 is 0 Å².